The van der Waals surface area contributed by atoms with Crippen LogP contribution in [-0.2, 0) is 16.6 Å². The average Bonchev–Trinajstić information content (AvgIpc) is 2.61. The molecular weight excluding hydrogens is 400 g/mol. The van der Waals surface area contributed by atoms with Crippen molar-refractivity contribution in [1.82, 2.24) is 4.72 Å². The monoisotopic (exact) mass is 422 g/mol. The number of benzene rings is 2. The van der Waals surface area contributed by atoms with Crippen LogP contribution in [0.25, 0.3) is 0 Å². The highest BCUT2D eigenvalue weighted by atomic mass is 79.9. The molecule has 0 amide bonds. The van der Waals surface area contributed by atoms with E-state index >= 15 is 0 Å². The number of halogens is 1. The Hall–Kier alpha value is -1.37. The largest absolute Gasteiger partial charge is 0.371 e. The fourth-order valence-corrected chi connectivity index (χ4v) is 4.41. The number of sulfonamides is 1. The number of rotatable bonds is 5. The summed E-state index contributed by atoms with van der Waals surface area (Å²) in [6, 6.07) is 14.8. The maximum Gasteiger partial charge on any atom is 0.240 e. The highest BCUT2D eigenvalue weighted by Gasteiger charge is 2.17. The summed E-state index contributed by atoms with van der Waals surface area (Å²) in [6.45, 7) is 4.77. The summed E-state index contributed by atoms with van der Waals surface area (Å²) in [7, 11) is -3.49. The molecule has 0 aliphatic carbocycles. The van der Waals surface area contributed by atoms with Gasteiger partial charge in [-0.3, -0.25) is 0 Å². The lowest BCUT2D eigenvalue weighted by Crippen LogP contribution is -2.34. The third kappa shape index (κ3) is 4.84. The Bertz CT molecular complexity index is 804. The lowest BCUT2D eigenvalue weighted by molar-refractivity contribution is 0.447. The van der Waals surface area contributed by atoms with Crippen LogP contribution in [-0.4, -0.2) is 21.5 Å². The van der Waals surface area contributed by atoms with Gasteiger partial charge in [-0.2, -0.15) is 0 Å². The van der Waals surface area contributed by atoms with Crippen LogP contribution in [0.3, 0.4) is 0 Å². The molecule has 134 valence electrons. The number of nitrogens with zero attached hydrogens (tertiary/aromatic N) is 1. The molecule has 0 radical (unpaired) electrons. The van der Waals surface area contributed by atoms with Gasteiger partial charge in [0.1, 0.15) is 0 Å². The summed E-state index contributed by atoms with van der Waals surface area (Å²) in [4.78, 5) is 2.68. The summed E-state index contributed by atoms with van der Waals surface area (Å²) in [5.74, 6) is 0.728. The molecule has 3 rings (SSSR count). The Morgan fingerprint density at radius 2 is 1.80 bits per heavy atom. The lowest BCUT2D eigenvalue weighted by atomic mass is 9.99. The fraction of sp³-hybridized carbons (Fsp3) is 0.368. The molecule has 1 heterocycles. The van der Waals surface area contributed by atoms with Crippen molar-refractivity contribution in [1.29, 1.82) is 0 Å². The van der Waals surface area contributed by atoms with Gasteiger partial charge in [0, 0.05) is 29.8 Å². The topological polar surface area (TPSA) is 49.4 Å². The standard InChI is InChI=1S/C19H23BrN2O2S/c1-15-3-2-12-22(14-15)18-8-4-16(5-9-18)13-21-25(23,24)19-10-6-17(20)7-11-19/h4-11,15,21H,2-3,12-14H2,1H3/t15-/m1/s1. The molecule has 25 heavy (non-hydrogen) atoms. The van der Waals surface area contributed by atoms with Gasteiger partial charge in [-0.1, -0.05) is 35.0 Å². The van der Waals surface area contributed by atoms with Crippen molar-refractivity contribution in [2.75, 3.05) is 18.0 Å². The number of nitrogens with one attached hydrogen (secondary N) is 1. The second-order valence-electron chi connectivity index (χ2n) is 6.64. The van der Waals surface area contributed by atoms with Crippen LogP contribution in [0.4, 0.5) is 5.69 Å². The van der Waals surface area contributed by atoms with Crippen molar-refractivity contribution in [3.63, 3.8) is 0 Å². The second kappa shape index (κ2) is 7.89. The van der Waals surface area contributed by atoms with Crippen molar-refractivity contribution >= 4 is 31.6 Å². The Labute approximate surface area is 158 Å². The number of piperidine rings is 1. The van der Waals surface area contributed by atoms with Crippen LogP contribution in [0.2, 0.25) is 0 Å². The molecule has 1 aliphatic heterocycles. The molecular formula is C19H23BrN2O2S. The quantitative estimate of drug-likeness (QED) is 0.786. The third-order valence-corrected chi connectivity index (χ3v) is 6.49. The molecule has 0 saturated carbocycles. The van der Waals surface area contributed by atoms with Gasteiger partial charge in [-0.05, 0) is 60.7 Å². The van der Waals surface area contributed by atoms with Gasteiger partial charge in [0.25, 0.3) is 0 Å². The highest BCUT2D eigenvalue weighted by Crippen LogP contribution is 2.23. The predicted octanol–water partition coefficient (Wildman–Crippen LogP) is 4.16. The van der Waals surface area contributed by atoms with Crippen LogP contribution in [0.15, 0.2) is 57.9 Å². The van der Waals surface area contributed by atoms with Crippen LogP contribution in [0, 0.1) is 5.92 Å². The zero-order chi connectivity index (χ0) is 17.9. The highest BCUT2D eigenvalue weighted by molar-refractivity contribution is 9.10. The molecule has 1 fully saturated rings. The number of hydrogen-bond donors (Lipinski definition) is 1. The maximum absolute atomic E-state index is 12.3. The van der Waals surface area contributed by atoms with Gasteiger partial charge in [-0.25, -0.2) is 13.1 Å². The van der Waals surface area contributed by atoms with Crippen molar-refractivity contribution in [2.45, 2.75) is 31.2 Å². The van der Waals surface area contributed by atoms with E-state index in [1.165, 1.54) is 18.5 Å². The SMILES string of the molecule is C[C@@H]1CCCN(c2ccc(CNS(=O)(=O)c3ccc(Br)cc3)cc2)C1. The van der Waals surface area contributed by atoms with E-state index in [-0.39, 0.29) is 11.4 Å². The van der Waals surface area contributed by atoms with Crippen LogP contribution >= 0.6 is 15.9 Å². The molecule has 1 atom stereocenters. The molecule has 6 heteroatoms. The summed E-state index contributed by atoms with van der Waals surface area (Å²) in [5.41, 5.74) is 2.17. The molecule has 2 aromatic carbocycles. The predicted molar refractivity (Wildman–Crippen MR) is 105 cm³/mol. The smallest absolute Gasteiger partial charge is 0.240 e. The van der Waals surface area contributed by atoms with Gasteiger partial charge < -0.3 is 4.90 Å². The van der Waals surface area contributed by atoms with Gasteiger partial charge >= 0.3 is 0 Å². The molecule has 1 aliphatic rings. The van der Waals surface area contributed by atoms with E-state index in [9.17, 15) is 8.42 Å². The van der Waals surface area contributed by atoms with E-state index in [4.69, 9.17) is 0 Å². The Kier molecular flexibility index (Phi) is 5.81. The molecule has 1 N–H and O–H groups in total. The molecule has 2 aromatic rings. The van der Waals surface area contributed by atoms with E-state index < -0.39 is 10.0 Å². The first-order valence-corrected chi connectivity index (χ1v) is 10.8. The third-order valence-electron chi connectivity index (χ3n) is 4.55. The van der Waals surface area contributed by atoms with Crippen LogP contribution in [0.1, 0.15) is 25.3 Å². The summed E-state index contributed by atoms with van der Waals surface area (Å²) >= 11 is 3.31. The summed E-state index contributed by atoms with van der Waals surface area (Å²) in [6.07, 6.45) is 2.53. The maximum atomic E-state index is 12.3. The number of hydrogen-bond acceptors (Lipinski definition) is 3. The van der Waals surface area contributed by atoms with E-state index in [2.05, 4.69) is 44.6 Å². The van der Waals surface area contributed by atoms with Gasteiger partial charge in [0.05, 0.1) is 4.90 Å². The van der Waals surface area contributed by atoms with Crippen LogP contribution in [0.5, 0.6) is 0 Å². The zero-order valence-corrected chi connectivity index (χ0v) is 16.7. The first kappa shape index (κ1) is 18.4. The van der Waals surface area contributed by atoms with Crippen molar-refractivity contribution in [3.8, 4) is 0 Å². The molecule has 0 bridgehead atoms. The number of anilines is 1. The minimum absolute atomic E-state index is 0.273. The zero-order valence-electron chi connectivity index (χ0n) is 14.3. The van der Waals surface area contributed by atoms with Gasteiger partial charge in [-0.15, -0.1) is 0 Å². The van der Waals surface area contributed by atoms with Crippen LogP contribution < -0.4 is 9.62 Å². The summed E-state index contributed by atoms with van der Waals surface area (Å²) in [5, 5.41) is 0. The fourth-order valence-electron chi connectivity index (χ4n) is 3.12. The van der Waals surface area contributed by atoms with Gasteiger partial charge in [0.2, 0.25) is 10.0 Å². The van der Waals surface area contributed by atoms with Crippen molar-refractivity contribution in [3.05, 3.63) is 58.6 Å². The van der Waals surface area contributed by atoms with Crippen molar-refractivity contribution in [2.24, 2.45) is 5.92 Å². The molecule has 0 spiro atoms. The van der Waals surface area contributed by atoms with E-state index in [0.29, 0.717) is 0 Å². The normalized spacial score (nSPS) is 18.3. The minimum Gasteiger partial charge on any atom is -0.371 e. The van der Waals surface area contributed by atoms with E-state index in [0.717, 1.165) is 29.0 Å². The molecule has 0 aromatic heterocycles. The first-order valence-electron chi connectivity index (χ1n) is 8.53. The molecule has 4 nitrogen and oxygen atoms in total. The first-order chi connectivity index (χ1) is 11.9. The molecule has 1 saturated heterocycles. The Morgan fingerprint density at radius 3 is 2.44 bits per heavy atom. The Morgan fingerprint density at radius 1 is 1.12 bits per heavy atom. The minimum atomic E-state index is -3.49. The Balaban J connectivity index is 1.62. The van der Waals surface area contributed by atoms with E-state index in [1.54, 1.807) is 24.3 Å². The average molecular weight is 423 g/mol. The van der Waals surface area contributed by atoms with Crippen molar-refractivity contribution < 1.29 is 8.42 Å². The summed E-state index contributed by atoms with van der Waals surface area (Å²) < 4.78 is 28.2. The lowest BCUT2D eigenvalue weighted by Gasteiger charge is -2.32. The second-order valence-corrected chi connectivity index (χ2v) is 9.32. The molecule has 0 unspecified atom stereocenters. The van der Waals surface area contributed by atoms with Gasteiger partial charge in [0.15, 0.2) is 0 Å². The van der Waals surface area contributed by atoms with E-state index in [1.807, 2.05) is 12.1 Å².